The predicted octanol–water partition coefficient (Wildman–Crippen LogP) is 2.96. The van der Waals surface area contributed by atoms with Crippen LogP contribution in [0.3, 0.4) is 0 Å². The number of carbonyl (C=O) groups is 1. The monoisotopic (exact) mass is 293 g/mol. The number of aromatic nitrogens is 1. The smallest absolute Gasteiger partial charge is 0.225 e. The van der Waals surface area contributed by atoms with Crippen LogP contribution in [0, 0.1) is 0 Å². The van der Waals surface area contributed by atoms with Crippen molar-refractivity contribution < 1.29 is 9.21 Å². The Hall–Kier alpha value is -1.66. The summed E-state index contributed by atoms with van der Waals surface area (Å²) in [6.07, 6.45) is 1.67. The normalized spacial score (nSPS) is 12.3. The summed E-state index contributed by atoms with van der Waals surface area (Å²) in [5.74, 6) is 0.921. The Bertz CT molecular complexity index is 551. The molecule has 2 aromatic heterocycles. The summed E-state index contributed by atoms with van der Waals surface area (Å²) in [7, 11) is 0. The van der Waals surface area contributed by atoms with Gasteiger partial charge in [-0.1, -0.05) is 0 Å². The molecular weight excluding hydrogens is 274 g/mol. The van der Waals surface area contributed by atoms with Crippen molar-refractivity contribution in [1.82, 2.24) is 10.3 Å². The Kier molecular flexibility index (Phi) is 4.92. The van der Waals surface area contributed by atoms with Gasteiger partial charge < -0.3 is 9.73 Å². The van der Waals surface area contributed by atoms with Gasteiger partial charge in [0.25, 0.3) is 0 Å². The minimum atomic E-state index is 0.0188. The summed E-state index contributed by atoms with van der Waals surface area (Å²) >= 11 is 1.49. The maximum atomic E-state index is 11.5. The second-order valence-corrected chi connectivity index (χ2v) is 5.34. The van der Waals surface area contributed by atoms with Gasteiger partial charge in [-0.2, -0.15) is 0 Å². The number of amides is 1. The minimum Gasteiger partial charge on any atom is -0.468 e. The molecule has 0 radical (unpaired) electrons. The topological polar surface area (TPSA) is 58.4 Å². The van der Waals surface area contributed by atoms with Gasteiger partial charge in [0.2, 0.25) is 5.91 Å². The Balaban J connectivity index is 1.94. The van der Waals surface area contributed by atoms with Gasteiger partial charge in [-0.25, -0.2) is 4.98 Å². The number of thiazole rings is 1. The van der Waals surface area contributed by atoms with E-state index in [9.17, 15) is 4.79 Å². The third-order valence-corrected chi connectivity index (χ3v) is 3.94. The number of nitrogens with zero attached hydrogens (tertiary/aromatic N) is 2. The summed E-state index contributed by atoms with van der Waals surface area (Å²) in [6, 6.07) is 3.95. The molecule has 0 aliphatic carbocycles. The standard InChI is InChI=1S/C14H19N3O2S/c1-4-17(11(3)18)14-16-12(9-20-14)8-15-10(2)13-6-5-7-19-13/h5-7,9-10,15H,4,8H2,1-3H3. The Labute approximate surface area is 122 Å². The zero-order valence-electron chi connectivity index (χ0n) is 11.9. The van der Waals surface area contributed by atoms with Gasteiger partial charge in [-0.15, -0.1) is 11.3 Å². The molecule has 0 spiro atoms. The molecule has 6 heteroatoms. The number of furan rings is 1. The zero-order chi connectivity index (χ0) is 14.5. The number of anilines is 1. The molecule has 0 aromatic carbocycles. The second-order valence-electron chi connectivity index (χ2n) is 4.50. The molecule has 0 fully saturated rings. The van der Waals surface area contributed by atoms with E-state index in [0.717, 1.165) is 16.6 Å². The predicted molar refractivity (Wildman–Crippen MR) is 79.8 cm³/mol. The van der Waals surface area contributed by atoms with Crippen molar-refractivity contribution in [2.75, 3.05) is 11.4 Å². The first kappa shape index (κ1) is 14.7. The molecule has 0 saturated heterocycles. The lowest BCUT2D eigenvalue weighted by atomic mass is 10.2. The fourth-order valence-electron chi connectivity index (χ4n) is 1.89. The lowest BCUT2D eigenvalue weighted by Crippen LogP contribution is -2.27. The quantitative estimate of drug-likeness (QED) is 0.889. The van der Waals surface area contributed by atoms with Gasteiger partial charge in [-0.3, -0.25) is 9.69 Å². The number of carbonyl (C=O) groups excluding carboxylic acids is 1. The lowest BCUT2D eigenvalue weighted by molar-refractivity contribution is -0.116. The van der Waals surface area contributed by atoms with Gasteiger partial charge in [0.15, 0.2) is 5.13 Å². The van der Waals surface area contributed by atoms with Crippen LogP contribution >= 0.6 is 11.3 Å². The highest BCUT2D eigenvalue weighted by molar-refractivity contribution is 7.14. The molecule has 0 aliphatic rings. The van der Waals surface area contributed by atoms with Crippen LogP contribution < -0.4 is 10.2 Å². The van der Waals surface area contributed by atoms with Crippen LogP contribution in [0.15, 0.2) is 28.2 Å². The molecule has 20 heavy (non-hydrogen) atoms. The van der Waals surface area contributed by atoms with Gasteiger partial charge in [0.1, 0.15) is 5.76 Å². The third kappa shape index (κ3) is 3.46. The SMILES string of the molecule is CCN(C(C)=O)c1nc(CNC(C)c2ccco2)cs1. The molecule has 108 valence electrons. The molecule has 1 amide bonds. The van der Waals surface area contributed by atoms with Crippen LogP contribution in [0.5, 0.6) is 0 Å². The maximum absolute atomic E-state index is 11.5. The van der Waals surface area contributed by atoms with E-state index < -0.39 is 0 Å². The van der Waals surface area contributed by atoms with Gasteiger partial charge in [0, 0.05) is 25.4 Å². The van der Waals surface area contributed by atoms with Gasteiger partial charge in [-0.05, 0) is 26.0 Å². The average Bonchev–Trinajstić information content (AvgIpc) is 3.08. The van der Waals surface area contributed by atoms with Crippen LogP contribution in [0.1, 0.15) is 38.3 Å². The van der Waals surface area contributed by atoms with Crippen molar-refractivity contribution in [3.05, 3.63) is 35.2 Å². The summed E-state index contributed by atoms with van der Waals surface area (Å²) in [4.78, 5) is 17.6. The van der Waals surface area contributed by atoms with Crippen molar-refractivity contribution in [3.8, 4) is 0 Å². The van der Waals surface area contributed by atoms with E-state index in [1.54, 1.807) is 18.1 Å². The Morgan fingerprint density at radius 1 is 1.60 bits per heavy atom. The number of hydrogen-bond acceptors (Lipinski definition) is 5. The summed E-state index contributed by atoms with van der Waals surface area (Å²) in [6.45, 7) is 6.83. The van der Waals surface area contributed by atoms with E-state index in [0.29, 0.717) is 13.1 Å². The van der Waals surface area contributed by atoms with Gasteiger partial charge in [0.05, 0.1) is 18.0 Å². The average molecular weight is 293 g/mol. The van der Waals surface area contributed by atoms with Crippen molar-refractivity contribution >= 4 is 22.4 Å². The minimum absolute atomic E-state index is 0.0188. The highest BCUT2D eigenvalue weighted by atomic mass is 32.1. The molecule has 0 bridgehead atoms. The zero-order valence-corrected chi connectivity index (χ0v) is 12.7. The fraction of sp³-hybridized carbons (Fsp3) is 0.429. The fourth-order valence-corrected chi connectivity index (χ4v) is 2.82. The molecule has 2 heterocycles. The summed E-state index contributed by atoms with van der Waals surface area (Å²) in [5, 5.41) is 6.08. The van der Waals surface area contributed by atoms with Gasteiger partial charge >= 0.3 is 0 Å². The number of rotatable bonds is 6. The van der Waals surface area contributed by atoms with Crippen molar-refractivity contribution in [2.45, 2.75) is 33.4 Å². The van der Waals surface area contributed by atoms with E-state index in [1.165, 1.54) is 11.3 Å². The second kappa shape index (κ2) is 6.67. The first-order valence-corrected chi connectivity index (χ1v) is 7.49. The van der Waals surface area contributed by atoms with Crippen molar-refractivity contribution in [1.29, 1.82) is 0 Å². The molecule has 5 nitrogen and oxygen atoms in total. The maximum Gasteiger partial charge on any atom is 0.225 e. The molecule has 1 atom stereocenters. The molecular formula is C14H19N3O2S. The van der Waals surface area contributed by atoms with Crippen molar-refractivity contribution in [2.24, 2.45) is 0 Å². The van der Waals surface area contributed by atoms with Crippen LogP contribution in [-0.2, 0) is 11.3 Å². The summed E-state index contributed by atoms with van der Waals surface area (Å²) in [5.41, 5.74) is 0.933. The van der Waals surface area contributed by atoms with Crippen LogP contribution in [0.2, 0.25) is 0 Å². The van der Waals surface area contributed by atoms with Crippen molar-refractivity contribution in [3.63, 3.8) is 0 Å². The largest absolute Gasteiger partial charge is 0.468 e. The molecule has 2 rings (SSSR count). The van der Waals surface area contributed by atoms with Crippen LogP contribution in [0.25, 0.3) is 0 Å². The highest BCUT2D eigenvalue weighted by Gasteiger charge is 2.14. The van der Waals surface area contributed by atoms with Crippen LogP contribution in [-0.4, -0.2) is 17.4 Å². The van der Waals surface area contributed by atoms with E-state index in [-0.39, 0.29) is 11.9 Å². The summed E-state index contributed by atoms with van der Waals surface area (Å²) < 4.78 is 5.34. The number of hydrogen-bond donors (Lipinski definition) is 1. The molecule has 2 aromatic rings. The molecule has 0 aliphatic heterocycles. The van der Waals surface area contributed by atoms with E-state index in [1.807, 2.05) is 31.4 Å². The molecule has 1 unspecified atom stereocenters. The Morgan fingerprint density at radius 2 is 2.40 bits per heavy atom. The van der Waals surface area contributed by atoms with E-state index in [4.69, 9.17) is 4.42 Å². The van der Waals surface area contributed by atoms with E-state index >= 15 is 0 Å². The molecule has 0 saturated carbocycles. The first-order valence-electron chi connectivity index (χ1n) is 6.61. The van der Waals surface area contributed by atoms with Crippen LogP contribution in [0.4, 0.5) is 5.13 Å². The number of nitrogens with one attached hydrogen (secondary N) is 1. The van der Waals surface area contributed by atoms with E-state index in [2.05, 4.69) is 10.3 Å². The highest BCUT2D eigenvalue weighted by Crippen LogP contribution is 2.21. The lowest BCUT2D eigenvalue weighted by Gasteiger charge is -2.14. The first-order chi connectivity index (χ1) is 9.61. The molecule has 1 N–H and O–H groups in total. The third-order valence-electron chi connectivity index (χ3n) is 3.03. The Morgan fingerprint density at radius 3 is 3.00 bits per heavy atom.